The molecule has 0 bridgehead atoms. The van der Waals surface area contributed by atoms with Crippen LogP contribution in [0.3, 0.4) is 0 Å². The molecule has 0 unspecified atom stereocenters. The van der Waals surface area contributed by atoms with Crippen LogP contribution in [0, 0.1) is 11.3 Å². The van der Waals surface area contributed by atoms with Crippen molar-refractivity contribution in [3.05, 3.63) is 28.8 Å². The molecule has 1 aromatic rings. The van der Waals surface area contributed by atoms with Crippen molar-refractivity contribution in [2.45, 2.75) is 25.0 Å². The van der Waals surface area contributed by atoms with Crippen LogP contribution in [0.1, 0.15) is 23.6 Å². The maximum Gasteiger partial charge on any atom is 0.573 e. The minimum Gasteiger partial charge on any atom is -0.466 e. The van der Waals surface area contributed by atoms with E-state index in [1.54, 1.807) is 13.0 Å². The lowest BCUT2D eigenvalue weighted by Crippen LogP contribution is -2.19. The number of halogens is 4. The molecule has 0 amide bonds. The highest BCUT2D eigenvalue weighted by Crippen LogP contribution is 2.31. The third-order valence-electron chi connectivity index (χ3n) is 2.40. The van der Waals surface area contributed by atoms with E-state index in [0.29, 0.717) is 0 Å². The van der Waals surface area contributed by atoms with Crippen LogP contribution < -0.4 is 4.74 Å². The van der Waals surface area contributed by atoms with E-state index < -0.39 is 18.1 Å². The summed E-state index contributed by atoms with van der Waals surface area (Å²) in [6.45, 7) is 1.78. The van der Waals surface area contributed by atoms with E-state index in [4.69, 9.17) is 10.00 Å². The lowest BCUT2D eigenvalue weighted by Gasteiger charge is -2.15. The Labute approximate surface area is 127 Å². The minimum atomic E-state index is -4.88. The molecule has 8 heteroatoms. The standard InChI is InChI=1S/C13H11BrF3NO3/c1-2-20-12(19)5-8-3-9(7-18)10(6-14)11(4-8)21-13(15,16)17/h3-4H,2,5-6H2,1H3. The Hall–Kier alpha value is -1.75. The second kappa shape index (κ2) is 7.31. The van der Waals surface area contributed by atoms with E-state index >= 15 is 0 Å². The lowest BCUT2D eigenvalue weighted by molar-refractivity contribution is -0.274. The summed E-state index contributed by atoms with van der Waals surface area (Å²) in [6, 6.07) is 4.22. The van der Waals surface area contributed by atoms with Crippen molar-refractivity contribution in [1.82, 2.24) is 0 Å². The summed E-state index contributed by atoms with van der Waals surface area (Å²) in [4.78, 5) is 11.4. The Morgan fingerprint density at radius 3 is 2.57 bits per heavy atom. The number of carbonyl (C=O) groups is 1. The number of nitrogens with zero attached hydrogens (tertiary/aromatic N) is 1. The number of ether oxygens (including phenoxy) is 2. The van der Waals surface area contributed by atoms with E-state index in [9.17, 15) is 18.0 Å². The number of esters is 1. The van der Waals surface area contributed by atoms with E-state index in [2.05, 4.69) is 20.7 Å². The SMILES string of the molecule is CCOC(=O)Cc1cc(C#N)c(CBr)c(OC(F)(F)F)c1. The number of carbonyl (C=O) groups excluding carboxylic acids is 1. The highest BCUT2D eigenvalue weighted by Gasteiger charge is 2.32. The van der Waals surface area contributed by atoms with Crippen LogP contribution in [-0.4, -0.2) is 18.9 Å². The molecule has 0 N–H and O–H groups in total. The van der Waals surface area contributed by atoms with Gasteiger partial charge in [-0.2, -0.15) is 5.26 Å². The fraction of sp³-hybridized carbons (Fsp3) is 0.385. The fourth-order valence-electron chi connectivity index (χ4n) is 1.64. The van der Waals surface area contributed by atoms with Crippen molar-refractivity contribution in [2.24, 2.45) is 0 Å². The van der Waals surface area contributed by atoms with Crippen LogP contribution in [0.5, 0.6) is 5.75 Å². The molecule has 0 radical (unpaired) electrons. The molecule has 0 aliphatic carbocycles. The molecule has 0 atom stereocenters. The summed E-state index contributed by atoms with van der Waals surface area (Å²) in [5.74, 6) is -1.09. The molecule has 0 aromatic heterocycles. The largest absolute Gasteiger partial charge is 0.573 e. The van der Waals surface area contributed by atoms with Crippen LogP contribution >= 0.6 is 15.9 Å². The van der Waals surface area contributed by atoms with Crippen molar-refractivity contribution < 1.29 is 27.4 Å². The summed E-state index contributed by atoms with van der Waals surface area (Å²) in [6.07, 6.45) is -5.12. The topological polar surface area (TPSA) is 59.3 Å². The Morgan fingerprint density at radius 1 is 1.43 bits per heavy atom. The molecular formula is C13H11BrF3NO3. The Morgan fingerprint density at radius 2 is 2.10 bits per heavy atom. The van der Waals surface area contributed by atoms with Gasteiger partial charge < -0.3 is 9.47 Å². The predicted octanol–water partition coefficient (Wildman–Crippen LogP) is 3.46. The molecule has 114 valence electrons. The van der Waals surface area contributed by atoms with Crippen LogP contribution in [0.4, 0.5) is 13.2 Å². The average molecular weight is 366 g/mol. The number of hydrogen-bond donors (Lipinski definition) is 0. The highest BCUT2D eigenvalue weighted by molar-refractivity contribution is 9.08. The third-order valence-corrected chi connectivity index (χ3v) is 2.96. The van der Waals surface area contributed by atoms with Gasteiger partial charge in [0.05, 0.1) is 24.7 Å². The zero-order valence-electron chi connectivity index (χ0n) is 11.0. The van der Waals surface area contributed by atoms with Gasteiger partial charge in [0.15, 0.2) is 0 Å². The predicted molar refractivity (Wildman–Crippen MR) is 70.8 cm³/mol. The smallest absolute Gasteiger partial charge is 0.466 e. The number of rotatable bonds is 5. The third kappa shape index (κ3) is 5.27. The van der Waals surface area contributed by atoms with Gasteiger partial charge in [0.2, 0.25) is 0 Å². The quantitative estimate of drug-likeness (QED) is 0.592. The molecular weight excluding hydrogens is 355 g/mol. The van der Waals surface area contributed by atoms with Gasteiger partial charge in [-0.1, -0.05) is 15.9 Å². The first kappa shape index (κ1) is 17.3. The second-order valence-corrected chi connectivity index (χ2v) is 4.46. The molecule has 0 saturated carbocycles. The van der Waals surface area contributed by atoms with E-state index in [1.807, 2.05) is 0 Å². The molecule has 21 heavy (non-hydrogen) atoms. The van der Waals surface area contributed by atoms with Gasteiger partial charge in [0, 0.05) is 10.9 Å². The first-order chi connectivity index (χ1) is 9.80. The van der Waals surface area contributed by atoms with Crippen molar-refractivity contribution in [3.8, 4) is 11.8 Å². The number of benzene rings is 1. The maximum atomic E-state index is 12.4. The van der Waals surface area contributed by atoms with Crippen molar-refractivity contribution in [3.63, 3.8) is 0 Å². The van der Waals surface area contributed by atoms with Gasteiger partial charge in [0.25, 0.3) is 0 Å². The molecule has 4 nitrogen and oxygen atoms in total. The Bertz CT molecular complexity index is 567. The van der Waals surface area contributed by atoms with Crippen molar-refractivity contribution >= 4 is 21.9 Å². The van der Waals surface area contributed by atoms with Crippen LogP contribution in [0.2, 0.25) is 0 Å². The molecule has 1 rings (SSSR count). The van der Waals surface area contributed by atoms with Crippen LogP contribution in [0.15, 0.2) is 12.1 Å². The molecule has 0 aliphatic heterocycles. The van der Waals surface area contributed by atoms with Gasteiger partial charge in [-0.05, 0) is 24.6 Å². The normalized spacial score (nSPS) is 10.9. The zero-order valence-corrected chi connectivity index (χ0v) is 12.5. The summed E-state index contributed by atoms with van der Waals surface area (Å²) in [5, 5.41) is 9.03. The molecule has 0 aliphatic rings. The summed E-state index contributed by atoms with van der Waals surface area (Å²) in [7, 11) is 0. The number of nitriles is 1. The van der Waals surface area contributed by atoms with E-state index in [1.165, 1.54) is 6.07 Å². The zero-order chi connectivity index (χ0) is 16.0. The molecule has 0 saturated heterocycles. The Kier molecular flexibility index (Phi) is 6.03. The highest BCUT2D eigenvalue weighted by atomic mass is 79.9. The molecule has 1 aromatic carbocycles. The van der Waals surface area contributed by atoms with Crippen molar-refractivity contribution in [2.75, 3.05) is 6.61 Å². The Balaban J connectivity index is 3.21. The van der Waals surface area contributed by atoms with Crippen LogP contribution in [-0.2, 0) is 21.3 Å². The average Bonchev–Trinajstić information content (AvgIpc) is 2.36. The fourth-order valence-corrected chi connectivity index (χ4v) is 2.21. The van der Waals surface area contributed by atoms with Gasteiger partial charge in [-0.25, -0.2) is 0 Å². The second-order valence-electron chi connectivity index (χ2n) is 3.90. The molecule has 0 spiro atoms. The van der Waals surface area contributed by atoms with E-state index in [0.717, 1.165) is 6.07 Å². The van der Waals surface area contributed by atoms with Crippen molar-refractivity contribution in [1.29, 1.82) is 5.26 Å². The molecule has 0 heterocycles. The summed E-state index contributed by atoms with van der Waals surface area (Å²) in [5.41, 5.74) is 0.296. The monoisotopic (exact) mass is 365 g/mol. The number of hydrogen-bond acceptors (Lipinski definition) is 4. The van der Waals surface area contributed by atoms with Gasteiger partial charge in [0.1, 0.15) is 5.75 Å². The van der Waals surface area contributed by atoms with Gasteiger partial charge in [-0.3, -0.25) is 4.79 Å². The van der Waals surface area contributed by atoms with Crippen LogP contribution in [0.25, 0.3) is 0 Å². The lowest BCUT2D eigenvalue weighted by atomic mass is 10.0. The minimum absolute atomic E-state index is 0.00734. The van der Waals surface area contributed by atoms with Gasteiger partial charge >= 0.3 is 12.3 Å². The summed E-state index contributed by atoms with van der Waals surface area (Å²) >= 11 is 3.02. The molecule has 0 fully saturated rings. The first-order valence-electron chi connectivity index (χ1n) is 5.84. The van der Waals surface area contributed by atoms with Gasteiger partial charge in [-0.15, -0.1) is 13.2 Å². The first-order valence-corrected chi connectivity index (χ1v) is 6.96. The van der Waals surface area contributed by atoms with E-state index in [-0.39, 0.29) is 35.0 Å². The maximum absolute atomic E-state index is 12.4. The summed E-state index contributed by atoms with van der Waals surface area (Å²) < 4.78 is 45.8. The number of alkyl halides is 4.